The minimum Gasteiger partial charge on any atom is -0.334 e. The van der Waals surface area contributed by atoms with Crippen LogP contribution in [0.4, 0.5) is 5.69 Å². The van der Waals surface area contributed by atoms with Crippen LogP contribution in [0.1, 0.15) is 27.3 Å². The molecule has 4 aromatic rings. The van der Waals surface area contributed by atoms with Gasteiger partial charge in [-0.3, -0.25) is 14.3 Å². The van der Waals surface area contributed by atoms with Crippen molar-refractivity contribution in [1.29, 1.82) is 0 Å². The third kappa shape index (κ3) is 4.84. The summed E-state index contributed by atoms with van der Waals surface area (Å²) >= 11 is 0. The van der Waals surface area contributed by atoms with Gasteiger partial charge in [-0.25, -0.2) is 13.4 Å². The van der Waals surface area contributed by atoms with E-state index in [4.69, 9.17) is 0 Å². The van der Waals surface area contributed by atoms with Crippen molar-refractivity contribution < 1.29 is 13.2 Å². The van der Waals surface area contributed by atoms with E-state index in [0.29, 0.717) is 28.0 Å². The summed E-state index contributed by atoms with van der Waals surface area (Å²) in [5, 5.41) is 0.485. The first kappa shape index (κ1) is 23.2. The SMILES string of the molecule is Cc1ccc(S(=O)(=O)Nc2ccc(C(=O)N(C)Cc3nc4ccccc4c(=O)[nH]3)cc2)cc1C. The van der Waals surface area contributed by atoms with Crippen LogP contribution in [0.3, 0.4) is 0 Å². The highest BCUT2D eigenvalue weighted by molar-refractivity contribution is 7.92. The third-order valence-corrected chi connectivity index (χ3v) is 6.95. The maximum Gasteiger partial charge on any atom is 0.261 e. The molecule has 34 heavy (non-hydrogen) atoms. The maximum absolute atomic E-state index is 12.9. The summed E-state index contributed by atoms with van der Waals surface area (Å²) in [6.07, 6.45) is 0. The van der Waals surface area contributed by atoms with Gasteiger partial charge in [0, 0.05) is 18.3 Å². The molecule has 0 radical (unpaired) electrons. The molecule has 0 spiro atoms. The second-order valence-corrected chi connectivity index (χ2v) is 9.80. The predicted molar refractivity (Wildman–Crippen MR) is 131 cm³/mol. The van der Waals surface area contributed by atoms with Crippen LogP contribution in [0.25, 0.3) is 10.9 Å². The van der Waals surface area contributed by atoms with Crippen LogP contribution >= 0.6 is 0 Å². The van der Waals surface area contributed by atoms with Crippen LogP contribution in [0.5, 0.6) is 0 Å². The van der Waals surface area contributed by atoms with Gasteiger partial charge in [-0.1, -0.05) is 18.2 Å². The summed E-state index contributed by atoms with van der Waals surface area (Å²) in [7, 11) is -2.15. The van der Waals surface area contributed by atoms with Crippen LogP contribution in [-0.2, 0) is 16.6 Å². The Labute approximate surface area is 197 Å². The number of carbonyl (C=O) groups is 1. The molecule has 0 saturated carbocycles. The van der Waals surface area contributed by atoms with Crippen molar-refractivity contribution in [3.8, 4) is 0 Å². The molecule has 0 bridgehead atoms. The number of sulfonamides is 1. The Kier molecular flexibility index (Phi) is 6.21. The smallest absolute Gasteiger partial charge is 0.261 e. The Balaban J connectivity index is 1.47. The predicted octanol–water partition coefficient (Wildman–Crippen LogP) is 3.61. The maximum atomic E-state index is 12.9. The molecule has 4 rings (SSSR count). The number of aryl methyl sites for hydroxylation is 2. The number of aromatic nitrogens is 2. The fourth-order valence-corrected chi connectivity index (χ4v) is 4.65. The highest BCUT2D eigenvalue weighted by Gasteiger charge is 2.17. The first-order valence-corrected chi connectivity index (χ1v) is 12.1. The average Bonchev–Trinajstić information content (AvgIpc) is 2.80. The van der Waals surface area contributed by atoms with Gasteiger partial charge < -0.3 is 9.88 Å². The molecule has 3 aromatic carbocycles. The van der Waals surface area contributed by atoms with E-state index in [1.54, 1.807) is 61.6 Å². The first-order valence-electron chi connectivity index (χ1n) is 10.6. The number of fused-ring (bicyclic) bond motifs is 1. The number of H-pyrrole nitrogens is 1. The molecule has 0 unspecified atom stereocenters. The molecule has 1 heterocycles. The zero-order valence-electron chi connectivity index (χ0n) is 19.0. The number of aromatic amines is 1. The van der Waals surface area contributed by atoms with Crippen LogP contribution in [0, 0.1) is 13.8 Å². The summed E-state index contributed by atoms with van der Waals surface area (Å²) in [6.45, 7) is 3.88. The van der Waals surface area contributed by atoms with Gasteiger partial charge >= 0.3 is 0 Å². The van der Waals surface area contributed by atoms with E-state index in [1.807, 2.05) is 13.8 Å². The molecule has 2 N–H and O–H groups in total. The van der Waals surface area contributed by atoms with Gasteiger partial charge in [-0.05, 0) is 73.5 Å². The first-order chi connectivity index (χ1) is 16.1. The van der Waals surface area contributed by atoms with Gasteiger partial charge in [-0.15, -0.1) is 0 Å². The normalized spacial score (nSPS) is 11.4. The largest absolute Gasteiger partial charge is 0.334 e. The van der Waals surface area contributed by atoms with Crippen molar-refractivity contribution in [2.75, 3.05) is 11.8 Å². The molecule has 0 aliphatic heterocycles. The molecule has 9 heteroatoms. The van der Waals surface area contributed by atoms with Crippen molar-refractivity contribution in [3.05, 3.63) is 99.6 Å². The Morgan fingerprint density at radius 3 is 2.41 bits per heavy atom. The minimum atomic E-state index is -3.75. The van der Waals surface area contributed by atoms with Gasteiger partial charge in [0.2, 0.25) is 0 Å². The zero-order chi connectivity index (χ0) is 24.5. The second kappa shape index (κ2) is 9.11. The summed E-state index contributed by atoms with van der Waals surface area (Å²) < 4.78 is 27.9. The van der Waals surface area contributed by atoms with E-state index in [0.717, 1.165) is 11.1 Å². The van der Waals surface area contributed by atoms with Gasteiger partial charge in [0.25, 0.3) is 21.5 Å². The Hall–Kier alpha value is -3.98. The molecule has 0 aliphatic rings. The minimum absolute atomic E-state index is 0.111. The van der Waals surface area contributed by atoms with E-state index in [2.05, 4.69) is 14.7 Å². The molecule has 0 aliphatic carbocycles. The molecule has 0 atom stereocenters. The molecule has 174 valence electrons. The number of hydrogen-bond donors (Lipinski definition) is 2. The fraction of sp³-hybridized carbons (Fsp3) is 0.160. The molecule has 0 fully saturated rings. The highest BCUT2D eigenvalue weighted by atomic mass is 32.2. The summed E-state index contributed by atoms with van der Waals surface area (Å²) in [4.78, 5) is 33.8. The topological polar surface area (TPSA) is 112 Å². The lowest BCUT2D eigenvalue weighted by molar-refractivity contribution is 0.0781. The molecule has 8 nitrogen and oxygen atoms in total. The van der Waals surface area contributed by atoms with Crippen molar-refractivity contribution >= 4 is 32.5 Å². The van der Waals surface area contributed by atoms with Gasteiger partial charge in [0.05, 0.1) is 22.3 Å². The number of nitrogens with one attached hydrogen (secondary N) is 2. The van der Waals surface area contributed by atoms with Crippen molar-refractivity contribution in [2.24, 2.45) is 0 Å². The molecule has 1 aromatic heterocycles. The number of anilines is 1. The van der Waals surface area contributed by atoms with E-state index in [1.165, 1.54) is 17.0 Å². The number of benzene rings is 3. The summed E-state index contributed by atoms with van der Waals surface area (Å²) in [5.74, 6) is 0.0803. The highest BCUT2D eigenvalue weighted by Crippen LogP contribution is 2.20. The lowest BCUT2D eigenvalue weighted by Gasteiger charge is -2.17. The van der Waals surface area contributed by atoms with Gasteiger partial charge in [0.1, 0.15) is 5.82 Å². The molecular weight excluding hydrogens is 452 g/mol. The van der Waals surface area contributed by atoms with Crippen LogP contribution in [0.15, 0.2) is 76.4 Å². The number of carbonyl (C=O) groups excluding carboxylic acids is 1. The van der Waals surface area contributed by atoms with E-state index in [9.17, 15) is 18.0 Å². The lowest BCUT2D eigenvalue weighted by atomic mass is 10.1. The number of para-hydroxylation sites is 1. The quantitative estimate of drug-likeness (QED) is 0.441. The lowest BCUT2D eigenvalue weighted by Crippen LogP contribution is -2.28. The number of hydrogen-bond acceptors (Lipinski definition) is 5. The number of nitrogens with zero attached hydrogens (tertiary/aromatic N) is 2. The summed E-state index contributed by atoms with van der Waals surface area (Å²) in [6, 6.07) is 18.1. The summed E-state index contributed by atoms with van der Waals surface area (Å²) in [5.41, 5.74) is 2.91. The third-order valence-electron chi connectivity index (χ3n) is 5.57. The fourth-order valence-electron chi connectivity index (χ4n) is 3.50. The zero-order valence-corrected chi connectivity index (χ0v) is 19.8. The number of amides is 1. The van der Waals surface area contributed by atoms with Crippen LogP contribution < -0.4 is 10.3 Å². The molecule has 0 saturated heterocycles. The van der Waals surface area contributed by atoms with E-state index >= 15 is 0 Å². The average molecular weight is 477 g/mol. The Bertz CT molecular complexity index is 1540. The standard InChI is InChI=1S/C25H24N4O4S/c1-16-8-13-20(14-17(16)2)34(32,33)28-19-11-9-18(10-12-19)25(31)29(3)15-23-26-22-7-5-4-6-21(22)24(30)27-23/h4-14,28H,15H2,1-3H3,(H,26,27,30). The Morgan fingerprint density at radius 2 is 1.71 bits per heavy atom. The second-order valence-electron chi connectivity index (χ2n) is 8.12. The van der Waals surface area contributed by atoms with Crippen LogP contribution in [-0.4, -0.2) is 36.2 Å². The van der Waals surface area contributed by atoms with Crippen molar-refractivity contribution in [1.82, 2.24) is 14.9 Å². The monoisotopic (exact) mass is 476 g/mol. The molecule has 1 amide bonds. The van der Waals surface area contributed by atoms with Gasteiger partial charge in [0.15, 0.2) is 0 Å². The molecular formula is C25H24N4O4S. The van der Waals surface area contributed by atoms with E-state index in [-0.39, 0.29) is 22.9 Å². The van der Waals surface area contributed by atoms with Crippen LogP contribution in [0.2, 0.25) is 0 Å². The Morgan fingerprint density at radius 1 is 1.00 bits per heavy atom. The number of rotatable bonds is 6. The van der Waals surface area contributed by atoms with Crippen molar-refractivity contribution in [2.45, 2.75) is 25.3 Å². The van der Waals surface area contributed by atoms with Gasteiger partial charge in [-0.2, -0.15) is 0 Å². The van der Waals surface area contributed by atoms with E-state index < -0.39 is 10.0 Å². The van der Waals surface area contributed by atoms with Crippen molar-refractivity contribution in [3.63, 3.8) is 0 Å².